The number of nitrogens with two attached hydrogens (primary N) is 1. The number of aliphatic hydroxyl groups is 1. The van der Waals surface area contributed by atoms with Gasteiger partial charge >= 0.3 is 0 Å². The number of aliphatic hydroxyl groups excluding tert-OH is 1. The van der Waals surface area contributed by atoms with Crippen molar-refractivity contribution < 1.29 is 14.7 Å². The normalized spacial score (nSPS) is 27.8. The van der Waals surface area contributed by atoms with Crippen LogP contribution in [0, 0.1) is 29.1 Å². The third-order valence-electron chi connectivity index (χ3n) is 12.6. The van der Waals surface area contributed by atoms with E-state index in [0.717, 1.165) is 76.8 Å². The van der Waals surface area contributed by atoms with Crippen LogP contribution in [0.5, 0.6) is 5.75 Å². The first kappa shape index (κ1) is 40.1. The molecule has 288 valence electrons. The lowest BCUT2D eigenvalue weighted by Crippen LogP contribution is -2.60. The van der Waals surface area contributed by atoms with Gasteiger partial charge in [-0.2, -0.15) is 5.06 Å². The highest BCUT2D eigenvalue weighted by molar-refractivity contribution is 5.80. The second-order valence-electron chi connectivity index (χ2n) is 17.0. The highest BCUT2D eigenvalue weighted by atomic mass is 16.7. The molecule has 2 bridgehead atoms. The van der Waals surface area contributed by atoms with Crippen LogP contribution >= 0.6 is 0 Å². The summed E-state index contributed by atoms with van der Waals surface area (Å²) >= 11 is 0. The highest BCUT2D eigenvalue weighted by Crippen LogP contribution is 2.61. The van der Waals surface area contributed by atoms with Crippen molar-refractivity contribution in [2.45, 2.75) is 97.2 Å². The van der Waals surface area contributed by atoms with E-state index < -0.39 is 6.10 Å². The molecule has 2 aromatic carbocycles. The molecule has 3 aliphatic carbocycles. The number of para-hydroxylation sites is 1. The molecule has 3 saturated carbocycles. The molecule has 4 aliphatic rings. The van der Waals surface area contributed by atoms with Gasteiger partial charge in [-0.05, 0) is 92.8 Å². The second-order valence-corrected chi connectivity index (χ2v) is 17.0. The second kappa shape index (κ2) is 16.5. The van der Waals surface area contributed by atoms with Gasteiger partial charge in [0.15, 0.2) is 0 Å². The number of benzene rings is 2. The molecule has 4 fully saturated rings. The van der Waals surface area contributed by atoms with Gasteiger partial charge in [-0.1, -0.05) is 65.5 Å². The first-order valence-electron chi connectivity index (χ1n) is 19.5. The SMILES string of the molecule is C=C(N[C@@H](CCC)CN(C)C)c1cc(-c2cccc(CN3O[C@@H](CN)[C@@H]([C@H](C)O)[C@H]3C(=C)N[C@H]3C[C@H]4C[C@@H]([C@@H]3C)C4(C)C)c2OC)cc(N(C)C)c1. The van der Waals surface area contributed by atoms with Crippen LogP contribution in [0.1, 0.15) is 71.4 Å². The number of hydrogen-bond acceptors (Lipinski definition) is 9. The molecule has 0 amide bonds. The number of likely N-dealkylation sites (N-methyl/N-ethyl adjacent to an activating group) is 1. The largest absolute Gasteiger partial charge is 0.496 e. The Hall–Kier alpha value is -3.08. The summed E-state index contributed by atoms with van der Waals surface area (Å²) < 4.78 is 6.23. The maximum absolute atomic E-state index is 11.1. The molecule has 0 unspecified atom stereocenters. The van der Waals surface area contributed by atoms with E-state index in [2.05, 4.69) is 126 Å². The van der Waals surface area contributed by atoms with Crippen LogP contribution in [-0.4, -0.2) is 93.8 Å². The molecule has 6 rings (SSSR count). The fourth-order valence-corrected chi connectivity index (χ4v) is 9.56. The van der Waals surface area contributed by atoms with Gasteiger partial charge in [-0.3, -0.25) is 4.84 Å². The van der Waals surface area contributed by atoms with Crippen molar-refractivity contribution in [2.75, 3.05) is 53.3 Å². The minimum absolute atomic E-state index is 0.231. The zero-order valence-corrected chi connectivity index (χ0v) is 33.7. The topological polar surface area (TPSA) is 98.5 Å². The number of nitrogens with one attached hydrogen (secondary N) is 2. The summed E-state index contributed by atoms with van der Waals surface area (Å²) in [7, 11) is 10.1. The van der Waals surface area contributed by atoms with E-state index in [1.54, 1.807) is 7.11 Å². The molecule has 9 atom stereocenters. The molecular formula is C43H68N6O3. The van der Waals surface area contributed by atoms with Crippen LogP contribution in [0.25, 0.3) is 16.8 Å². The molecule has 1 heterocycles. The van der Waals surface area contributed by atoms with Gasteiger partial charge in [0.05, 0.1) is 31.9 Å². The Kier molecular flexibility index (Phi) is 12.7. The Labute approximate surface area is 314 Å². The fourth-order valence-electron chi connectivity index (χ4n) is 9.56. The van der Waals surface area contributed by atoms with E-state index in [4.69, 9.17) is 15.3 Å². The van der Waals surface area contributed by atoms with E-state index >= 15 is 0 Å². The van der Waals surface area contributed by atoms with Gasteiger partial charge in [0.25, 0.3) is 0 Å². The third kappa shape index (κ3) is 8.19. The van der Waals surface area contributed by atoms with Crippen molar-refractivity contribution in [1.82, 2.24) is 20.6 Å². The van der Waals surface area contributed by atoms with Crippen molar-refractivity contribution in [2.24, 2.45) is 34.8 Å². The number of fused-ring (bicyclic) bond motifs is 2. The van der Waals surface area contributed by atoms with Crippen molar-refractivity contribution in [3.63, 3.8) is 0 Å². The van der Waals surface area contributed by atoms with Crippen molar-refractivity contribution in [1.29, 1.82) is 0 Å². The Morgan fingerprint density at radius 3 is 2.46 bits per heavy atom. The summed E-state index contributed by atoms with van der Waals surface area (Å²) in [6.07, 6.45) is 3.65. The summed E-state index contributed by atoms with van der Waals surface area (Å²) in [6, 6.07) is 13.3. The van der Waals surface area contributed by atoms with E-state index in [9.17, 15) is 5.11 Å². The molecule has 1 saturated heterocycles. The predicted octanol–water partition coefficient (Wildman–Crippen LogP) is 6.33. The number of hydrogen-bond donors (Lipinski definition) is 4. The Morgan fingerprint density at radius 1 is 1.15 bits per heavy atom. The van der Waals surface area contributed by atoms with E-state index in [1.807, 2.05) is 12.0 Å². The van der Waals surface area contributed by atoms with Crippen molar-refractivity contribution in [3.8, 4) is 16.9 Å². The van der Waals surface area contributed by atoms with Crippen LogP contribution in [0.4, 0.5) is 5.69 Å². The molecule has 52 heavy (non-hydrogen) atoms. The van der Waals surface area contributed by atoms with Crippen molar-refractivity contribution in [3.05, 3.63) is 66.4 Å². The number of nitrogens with zero attached hydrogens (tertiary/aromatic N) is 3. The molecule has 0 radical (unpaired) electrons. The summed E-state index contributed by atoms with van der Waals surface area (Å²) in [5.41, 5.74) is 13.6. The van der Waals surface area contributed by atoms with Gasteiger partial charge in [0.1, 0.15) is 5.75 Å². The molecular weight excluding hydrogens is 649 g/mol. The zero-order chi connectivity index (χ0) is 38.1. The first-order chi connectivity index (χ1) is 24.6. The zero-order valence-electron chi connectivity index (χ0n) is 33.7. The standard InChI is InChI=1S/C43H68N6O3/c1-13-15-34(25-47(8)9)45-27(3)31-18-32(20-35(19-31)48(10)11)36-17-14-16-30(42(36)51-12)24-49-41(40(29(5)50)39(23-44)52-49)28(4)46-38-22-33-21-37(26(38)2)43(33,6)7/h14,16-20,26,29,33-34,37-41,45-46,50H,3-4,13,15,21-25,44H2,1-2,5-12H3/t26-,29-,33+,34-,37-,38-,39-,40+,41+/m0/s1. The van der Waals surface area contributed by atoms with Gasteiger partial charge < -0.3 is 36.0 Å². The molecule has 9 heteroatoms. The average Bonchev–Trinajstić information content (AvgIpc) is 3.47. The highest BCUT2D eigenvalue weighted by Gasteiger charge is 2.57. The molecule has 2 aromatic rings. The van der Waals surface area contributed by atoms with E-state index in [-0.39, 0.29) is 18.1 Å². The first-order valence-corrected chi connectivity index (χ1v) is 19.5. The number of rotatable bonds is 17. The molecule has 9 nitrogen and oxygen atoms in total. The average molecular weight is 717 g/mol. The summed E-state index contributed by atoms with van der Waals surface area (Å²) in [6.45, 7) is 22.1. The maximum Gasteiger partial charge on any atom is 0.131 e. The van der Waals surface area contributed by atoms with Crippen molar-refractivity contribution >= 4 is 11.4 Å². The van der Waals surface area contributed by atoms with E-state index in [1.165, 1.54) is 6.42 Å². The quantitative estimate of drug-likeness (QED) is 0.150. The van der Waals surface area contributed by atoms with Crippen LogP contribution < -0.4 is 26.0 Å². The van der Waals surface area contributed by atoms with E-state index in [0.29, 0.717) is 42.4 Å². The van der Waals surface area contributed by atoms with Crippen LogP contribution in [0.2, 0.25) is 0 Å². The number of anilines is 1. The molecule has 0 aromatic heterocycles. The lowest BCUT2D eigenvalue weighted by Gasteiger charge is -2.62. The molecule has 1 aliphatic heterocycles. The molecule has 5 N–H and O–H groups in total. The van der Waals surface area contributed by atoms with Gasteiger partial charge in [0, 0.05) is 73.4 Å². The maximum atomic E-state index is 11.1. The molecule has 0 spiro atoms. The smallest absolute Gasteiger partial charge is 0.131 e. The minimum atomic E-state index is -0.630. The Morgan fingerprint density at radius 2 is 1.88 bits per heavy atom. The lowest BCUT2D eigenvalue weighted by atomic mass is 9.44. The van der Waals surface area contributed by atoms with Gasteiger partial charge in [-0.25, -0.2) is 0 Å². The Bertz CT molecular complexity index is 1560. The van der Waals surface area contributed by atoms with Gasteiger partial charge in [0.2, 0.25) is 0 Å². The predicted molar refractivity (Wildman–Crippen MR) is 216 cm³/mol. The summed E-state index contributed by atoms with van der Waals surface area (Å²) in [5, 5.41) is 20.7. The number of methoxy groups -OCH3 is 1. The lowest BCUT2D eigenvalue weighted by molar-refractivity contribution is -0.164. The number of ether oxygens (including phenoxy) is 1. The third-order valence-corrected chi connectivity index (χ3v) is 12.6. The number of hydroxylamine groups is 2. The monoisotopic (exact) mass is 717 g/mol. The van der Waals surface area contributed by atoms with Crippen LogP contribution in [0.3, 0.4) is 0 Å². The van der Waals surface area contributed by atoms with Crippen LogP contribution in [-0.2, 0) is 11.4 Å². The summed E-state index contributed by atoms with van der Waals surface area (Å²) in [5.74, 6) is 2.53. The minimum Gasteiger partial charge on any atom is -0.496 e. The van der Waals surface area contributed by atoms with Gasteiger partial charge in [-0.15, -0.1) is 0 Å². The summed E-state index contributed by atoms with van der Waals surface area (Å²) in [4.78, 5) is 10.9. The Balaban J connectivity index is 1.45. The van der Waals surface area contributed by atoms with Crippen LogP contribution in [0.15, 0.2) is 55.3 Å². The fraction of sp³-hybridized carbons (Fsp3) is 0.628.